The molecule has 0 saturated carbocycles. The van der Waals surface area contributed by atoms with Gasteiger partial charge in [0.1, 0.15) is 6.61 Å². The number of hydrazine groups is 1. The molecule has 9 heteroatoms. The Morgan fingerprint density at radius 2 is 1.92 bits per heavy atom. The predicted octanol–water partition coefficient (Wildman–Crippen LogP) is -0.201. The zero-order valence-corrected chi connectivity index (χ0v) is 13.7. The van der Waals surface area contributed by atoms with E-state index in [-0.39, 0.29) is 30.5 Å². The quantitative estimate of drug-likeness (QED) is 0.727. The van der Waals surface area contributed by atoms with Crippen LogP contribution in [0.5, 0.6) is 11.5 Å². The van der Waals surface area contributed by atoms with Crippen molar-refractivity contribution in [3.8, 4) is 11.5 Å². The number of benzene rings is 1. The maximum absolute atomic E-state index is 12.0. The average Bonchev–Trinajstić information content (AvgIpc) is 2.90. The van der Waals surface area contributed by atoms with Crippen LogP contribution >= 0.6 is 0 Å². The first-order chi connectivity index (χ1) is 11.4. The van der Waals surface area contributed by atoms with Gasteiger partial charge in [-0.2, -0.15) is 0 Å². The molecule has 0 unspecified atom stereocenters. The molecule has 2 heterocycles. The normalized spacial score (nSPS) is 24.2. The fourth-order valence-electron chi connectivity index (χ4n) is 2.71. The summed E-state index contributed by atoms with van der Waals surface area (Å²) in [4.78, 5) is 23.8. The van der Waals surface area contributed by atoms with Crippen LogP contribution < -0.4 is 20.3 Å². The molecule has 0 bridgehead atoms. The smallest absolute Gasteiger partial charge is 0.283 e. The second-order valence-electron chi connectivity index (χ2n) is 5.87. The first-order valence-electron chi connectivity index (χ1n) is 7.60. The van der Waals surface area contributed by atoms with E-state index in [1.807, 2.05) is 0 Å². The minimum atomic E-state index is -3.02. The van der Waals surface area contributed by atoms with Crippen LogP contribution in [0.15, 0.2) is 24.3 Å². The van der Waals surface area contributed by atoms with Gasteiger partial charge in [0.2, 0.25) is 12.0 Å². The number of carbonyl (C=O) groups is 2. The summed E-state index contributed by atoms with van der Waals surface area (Å²) in [7, 11) is -3.02. The molecule has 130 valence electrons. The number of ether oxygens (including phenoxy) is 2. The SMILES string of the molecule is O=C(C[C@H]1CCS(=O)(=O)C1)NNC(=O)[C@@H]1COc2ccccc2O1. The molecule has 2 atom stereocenters. The highest BCUT2D eigenvalue weighted by molar-refractivity contribution is 7.91. The minimum Gasteiger partial charge on any atom is -0.485 e. The second-order valence-corrected chi connectivity index (χ2v) is 8.10. The molecule has 1 saturated heterocycles. The highest BCUT2D eigenvalue weighted by Gasteiger charge is 2.30. The predicted molar refractivity (Wildman–Crippen MR) is 84.0 cm³/mol. The van der Waals surface area contributed by atoms with Gasteiger partial charge in [0.25, 0.3) is 5.91 Å². The first kappa shape index (κ1) is 16.6. The summed E-state index contributed by atoms with van der Waals surface area (Å²) in [6.45, 7) is 0.0413. The summed E-state index contributed by atoms with van der Waals surface area (Å²) in [5, 5.41) is 0. The van der Waals surface area contributed by atoms with Crippen molar-refractivity contribution in [1.29, 1.82) is 0 Å². The van der Waals surface area contributed by atoms with Crippen molar-refractivity contribution in [3.63, 3.8) is 0 Å². The standard InChI is InChI=1S/C15H18N2O6S/c18-14(7-10-5-6-24(20,21)9-10)16-17-15(19)13-8-22-11-3-1-2-4-12(11)23-13/h1-4,10,13H,5-9H2,(H,16,18)(H,17,19)/t10-,13+/m1/s1. The maximum Gasteiger partial charge on any atom is 0.283 e. The molecule has 1 aromatic rings. The molecule has 24 heavy (non-hydrogen) atoms. The monoisotopic (exact) mass is 354 g/mol. The molecular formula is C15H18N2O6S. The number of carbonyl (C=O) groups excluding carboxylic acids is 2. The maximum atomic E-state index is 12.0. The lowest BCUT2D eigenvalue weighted by Crippen LogP contribution is -2.51. The summed E-state index contributed by atoms with van der Waals surface area (Å²) in [5.41, 5.74) is 4.57. The van der Waals surface area contributed by atoms with Gasteiger partial charge >= 0.3 is 0 Å². The zero-order valence-electron chi connectivity index (χ0n) is 12.9. The molecule has 1 fully saturated rings. The molecule has 2 aliphatic rings. The molecule has 2 amide bonds. The van der Waals surface area contributed by atoms with Gasteiger partial charge in [0.05, 0.1) is 11.5 Å². The number of hydrogen-bond donors (Lipinski definition) is 2. The van der Waals surface area contributed by atoms with E-state index in [4.69, 9.17) is 9.47 Å². The van der Waals surface area contributed by atoms with E-state index in [1.165, 1.54) is 0 Å². The molecular weight excluding hydrogens is 336 g/mol. The van der Waals surface area contributed by atoms with Crippen molar-refractivity contribution in [3.05, 3.63) is 24.3 Å². The number of para-hydroxylation sites is 2. The summed E-state index contributed by atoms with van der Waals surface area (Å²) in [6, 6.07) is 6.99. The number of fused-ring (bicyclic) bond motifs is 1. The molecule has 2 N–H and O–H groups in total. The summed E-state index contributed by atoms with van der Waals surface area (Å²) >= 11 is 0. The lowest BCUT2D eigenvalue weighted by Gasteiger charge is -2.25. The minimum absolute atomic E-state index is 0.0186. The zero-order chi connectivity index (χ0) is 17.2. The van der Waals surface area contributed by atoms with Crippen molar-refractivity contribution in [1.82, 2.24) is 10.9 Å². The van der Waals surface area contributed by atoms with E-state index in [2.05, 4.69) is 10.9 Å². The van der Waals surface area contributed by atoms with Gasteiger partial charge in [-0.3, -0.25) is 20.4 Å². The average molecular weight is 354 g/mol. The number of amides is 2. The molecule has 0 aromatic heterocycles. The molecule has 0 spiro atoms. The number of nitrogens with one attached hydrogen (secondary N) is 2. The third kappa shape index (κ3) is 3.97. The van der Waals surface area contributed by atoms with Gasteiger partial charge in [0.15, 0.2) is 21.3 Å². The van der Waals surface area contributed by atoms with Crippen LogP contribution in [0.1, 0.15) is 12.8 Å². The first-order valence-corrected chi connectivity index (χ1v) is 9.43. The Morgan fingerprint density at radius 3 is 2.62 bits per heavy atom. The highest BCUT2D eigenvalue weighted by Crippen LogP contribution is 2.30. The molecule has 0 radical (unpaired) electrons. The molecule has 0 aliphatic carbocycles. The van der Waals surface area contributed by atoms with Crippen molar-refractivity contribution >= 4 is 21.7 Å². The molecule has 2 aliphatic heterocycles. The van der Waals surface area contributed by atoms with Gasteiger partial charge < -0.3 is 9.47 Å². The largest absolute Gasteiger partial charge is 0.485 e. The molecule has 8 nitrogen and oxygen atoms in total. The van der Waals surface area contributed by atoms with Crippen molar-refractivity contribution in [2.75, 3.05) is 18.1 Å². The molecule has 3 rings (SSSR count). The van der Waals surface area contributed by atoms with Crippen LogP contribution in [-0.2, 0) is 19.4 Å². The Morgan fingerprint density at radius 1 is 1.17 bits per heavy atom. The van der Waals surface area contributed by atoms with Crippen LogP contribution in [0.3, 0.4) is 0 Å². The Labute approximate surface area is 139 Å². The van der Waals surface area contributed by atoms with E-state index in [0.29, 0.717) is 17.9 Å². The van der Waals surface area contributed by atoms with E-state index in [1.54, 1.807) is 24.3 Å². The summed E-state index contributed by atoms with van der Waals surface area (Å²) < 4.78 is 33.7. The van der Waals surface area contributed by atoms with Crippen molar-refractivity contribution < 1.29 is 27.5 Å². The van der Waals surface area contributed by atoms with Gasteiger partial charge in [-0.15, -0.1) is 0 Å². The fraction of sp³-hybridized carbons (Fsp3) is 0.467. The third-order valence-electron chi connectivity index (χ3n) is 3.93. The van der Waals surface area contributed by atoms with Crippen LogP contribution in [0.4, 0.5) is 0 Å². The van der Waals surface area contributed by atoms with Crippen molar-refractivity contribution in [2.24, 2.45) is 5.92 Å². The van der Waals surface area contributed by atoms with Gasteiger partial charge in [-0.25, -0.2) is 8.42 Å². The van der Waals surface area contributed by atoms with Crippen LogP contribution in [0, 0.1) is 5.92 Å². The highest BCUT2D eigenvalue weighted by atomic mass is 32.2. The third-order valence-corrected chi connectivity index (χ3v) is 5.76. The van der Waals surface area contributed by atoms with Crippen LogP contribution in [0.2, 0.25) is 0 Å². The Hall–Kier alpha value is -2.29. The van der Waals surface area contributed by atoms with Crippen LogP contribution in [0.25, 0.3) is 0 Å². The Bertz CT molecular complexity index is 748. The van der Waals surface area contributed by atoms with Gasteiger partial charge in [-0.05, 0) is 24.5 Å². The number of sulfone groups is 1. The summed E-state index contributed by atoms with van der Waals surface area (Å²) in [6.07, 6.45) is -0.336. The topological polar surface area (TPSA) is 111 Å². The van der Waals surface area contributed by atoms with E-state index in [9.17, 15) is 18.0 Å². The summed E-state index contributed by atoms with van der Waals surface area (Å²) in [5.74, 6) is 0.00116. The number of rotatable bonds is 3. The van der Waals surface area contributed by atoms with Crippen molar-refractivity contribution in [2.45, 2.75) is 18.9 Å². The van der Waals surface area contributed by atoms with E-state index < -0.39 is 27.8 Å². The number of hydrogen-bond acceptors (Lipinski definition) is 6. The van der Waals surface area contributed by atoms with Gasteiger partial charge in [0, 0.05) is 6.42 Å². The second kappa shape index (κ2) is 6.68. The van der Waals surface area contributed by atoms with E-state index in [0.717, 1.165) is 0 Å². The van der Waals surface area contributed by atoms with Crippen LogP contribution in [-0.4, -0.2) is 44.4 Å². The van der Waals surface area contributed by atoms with E-state index >= 15 is 0 Å². The lowest BCUT2D eigenvalue weighted by atomic mass is 10.1. The molecule has 1 aromatic carbocycles. The Balaban J connectivity index is 1.45. The van der Waals surface area contributed by atoms with Gasteiger partial charge in [-0.1, -0.05) is 12.1 Å². The Kier molecular flexibility index (Phi) is 4.61. The lowest BCUT2D eigenvalue weighted by molar-refractivity contribution is -0.135. The fourth-order valence-corrected chi connectivity index (χ4v) is 4.57.